The summed E-state index contributed by atoms with van der Waals surface area (Å²) < 4.78 is 7.32. The van der Waals surface area contributed by atoms with E-state index in [1.807, 2.05) is 12.1 Å². The van der Waals surface area contributed by atoms with Crippen LogP contribution in [0.15, 0.2) is 32.7 Å². The topological polar surface area (TPSA) is 35.2 Å². The Balaban J connectivity index is 2.86. The summed E-state index contributed by atoms with van der Waals surface area (Å²) in [5, 5.41) is 0.464. The van der Waals surface area contributed by atoms with Crippen molar-refractivity contribution in [2.45, 2.75) is 25.8 Å². The molecular formula is C13H16Br2ClNO. The van der Waals surface area contributed by atoms with Gasteiger partial charge < -0.3 is 10.5 Å². The largest absolute Gasteiger partial charge is 0.486 e. The lowest BCUT2D eigenvalue weighted by atomic mass is 10.0. The van der Waals surface area contributed by atoms with E-state index in [2.05, 4.69) is 45.4 Å². The number of rotatable bonds is 6. The Morgan fingerprint density at radius 2 is 2.00 bits per heavy atom. The third-order valence-corrected chi connectivity index (χ3v) is 3.74. The zero-order valence-corrected chi connectivity index (χ0v) is 14.1. The maximum Gasteiger partial charge on any atom is 0.148 e. The van der Waals surface area contributed by atoms with Gasteiger partial charge in [-0.25, -0.2) is 0 Å². The van der Waals surface area contributed by atoms with Crippen LogP contribution in [-0.2, 0) is 6.42 Å². The molecule has 18 heavy (non-hydrogen) atoms. The van der Waals surface area contributed by atoms with Crippen LogP contribution in [-0.4, -0.2) is 12.6 Å². The molecule has 1 aromatic carbocycles. The van der Waals surface area contributed by atoms with E-state index in [1.54, 1.807) is 0 Å². The predicted molar refractivity (Wildman–Crippen MR) is 84.3 cm³/mol. The van der Waals surface area contributed by atoms with Crippen LogP contribution in [0.2, 0.25) is 0 Å². The van der Waals surface area contributed by atoms with E-state index < -0.39 is 0 Å². The summed E-state index contributed by atoms with van der Waals surface area (Å²) in [4.78, 5) is 0. The quantitative estimate of drug-likeness (QED) is 0.760. The van der Waals surface area contributed by atoms with Crippen LogP contribution >= 0.6 is 43.5 Å². The van der Waals surface area contributed by atoms with Crippen LogP contribution in [0.3, 0.4) is 0 Å². The lowest BCUT2D eigenvalue weighted by molar-refractivity contribution is 0.355. The number of halogens is 3. The molecule has 0 fully saturated rings. The molecule has 5 heteroatoms. The maximum absolute atomic E-state index is 5.95. The van der Waals surface area contributed by atoms with Gasteiger partial charge in [0.25, 0.3) is 0 Å². The minimum Gasteiger partial charge on any atom is -0.486 e. The Bertz CT molecular complexity index is 414. The van der Waals surface area contributed by atoms with E-state index in [0.29, 0.717) is 5.03 Å². The minimum absolute atomic E-state index is 0.179. The fraction of sp³-hybridized carbons (Fsp3) is 0.385. The Morgan fingerprint density at radius 1 is 1.44 bits per heavy atom. The van der Waals surface area contributed by atoms with Gasteiger partial charge in [0, 0.05) is 11.1 Å². The Kier molecular flexibility index (Phi) is 6.71. The highest BCUT2D eigenvalue weighted by Gasteiger charge is 2.11. The molecular weight excluding hydrogens is 381 g/mol. The third kappa shape index (κ3) is 4.92. The van der Waals surface area contributed by atoms with Gasteiger partial charge in [-0.05, 0) is 62.4 Å². The molecule has 1 atom stereocenters. The van der Waals surface area contributed by atoms with Gasteiger partial charge in [0.2, 0.25) is 0 Å². The fourth-order valence-corrected chi connectivity index (χ4v) is 3.03. The molecule has 100 valence electrons. The molecule has 0 aliphatic carbocycles. The van der Waals surface area contributed by atoms with Gasteiger partial charge in [-0.1, -0.05) is 25.1 Å². The van der Waals surface area contributed by atoms with Crippen molar-refractivity contribution in [1.82, 2.24) is 0 Å². The highest BCUT2D eigenvalue weighted by atomic mass is 79.9. The molecule has 0 aliphatic rings. The van der Waals surface area contributed by atoms with Crippen molar-refractivity contribution in [3.63, 3.8) is 0 Å². The fourth-order valence-electron chi connectivity index (χ4n) is 1.47. The first kappa shape index (κ1) is 16.0. The Hall–Kier alpha value is -0.0300. The Morgan fingerprint density at radius 3 is 2.44 bits per heavy atom. The first-order valence-electron chi connectivity index (χ1n) is 5.63. The average Bonchev–Trinajstić information content (AvgIpc) is 2.27. The molecule has 0 amide bonds. The van der Waals surface area contributed by atoms with Gasteiger partial charge in [-0.3, -0.25) is 0 Å². The number of hydrogen-bond donors (Lipinski definition) is 1. The van der Waals surface area contributed by atoms with Crippen LogP contribution in [0, 0.1) is 0 Å². The summed E-state index contributed by atoms with van der Waals surface area (Å²) >= 11 is 12.7. The molecule has 0 saturated carbocycles. The second-order valence-corrected chi connectivity index (χ2v) is 6.31. The molecule has 0 saturated heterocycles. The lowest BCUT2D eigenvalue weighted by Gasteiger charge is -2.13. The molecule has 1 aromatic rings. The molecule has 0 heterocycles. The van der Waals surface area contributed by atoms with Crippen LogP contribution < -0.4 is 10.5 Å². The molecule has 0 aliphatic heterocycles. The molecule has 1 rings (SSSR count). The number of nitrogens with two attached hydrogens (primary N) is 1. The first-order chi connectivity index (χ1) is 8.43. The lowest BCUT2D eigenvalue weighted by Crippen LogP contribution is -2.21. The maximum atomic E-state index is 5.95. The van der Waals surface area contributed by atoms with E-state index in [0.717, 1.165) is 27.5 Å². The molecule has 1 unspecified atom stereocenters. The monoisotopic (exact) mass is 395 g/mol. The van der Waals surface area contributed by atoms with Crippen molar-refractivity contribution >= 4 is 43.5 Å². The highest BCUT2D eigenvalue weighted by Crippen LogP contribution is 2.35. The van der Waals surface area contributed by atoms with Crippen molar-refractivity contribution in [1.29, 1.82) is 0 Å². The van der Waals surface area contributed by atoms with Gasteiger partial charge >= 0.3 is 0 Å². The van der Waals surface area contributed by atoms with Crippen molar-refractivity contribution in [2.75, 3.05) is 6.61 Å². The van der Waals surface area contributed by atoms with Gasteiger partial charge in [-0.15, -0.1) is 0 Å². The van der Waals surface area contributed by atoms with E-state index in [1.165, 1.54) is 5.56 Å². The average molecular weight is 398 g/mol. The summed E-state index contributed by atoms with van der Waals surface area (Å²) in [6.07, 6.45) is 1.80. The van der Waals surface area contributed by atoms with Crippen molar-refractivity contribution in [3.05, 3.63) is 38.3 Å². The Labute approximate surface area is 130 Å². The van der Waals surface area contributed by atoms with Crippen molar-refractivity contribution < 1.29 is 4.74 Å². The summed E-state index contributed by atoms with van der Waals surface area (Å²) in [5.74, 6) is 0.727. The standard InChI is InChI=1S/C13H16Br2ClNO/c1-3-10(17)4-9-5-11(14)13(12(15)6-9)18-7-8(2)16/h5-6,10H,2-4,7,17H2,1H3. The van der Waals surface area contributed by atoms with Crippen LogP contribution in [0.1, 0.15) is 18.9 Å². The smallest absolute Gasteiger partial charge is 0.148 e. The molecule has 0 aromatic heterocycles. The SMILES string of the molecule is C=C(Cl)COc1c(Br)cc(CC(N)CC)cc1Br. The molecule has 2 nitrogen and oxygen atoms in total. The van der Waals surface area contributed by atoms with Crippen molar-refractivity contribution in [2.24, 2.45) is 5.73 Å². The van der Waals surface area contributed by atoms with Crippen LogP contribution in [0.4, 0.5) is 0 Å². The molecule has 0 radical (unpaired) electrons. The van der Waals surface area contributed by atoms with Gasteiger partial charge in [0.05, 0.1) is 8.95 Å². The van der Waals surface area contributed by atoms with Crippen LogP contribution in [0.5, 0.6) is 5.75 Å². The zero-order chi connectivity index (χ0) is 13.7. The zero-order valence-electron chi connectivity index (χ0n) is 10.2. The van der Waals surface area contributed by atoms with E-state index in [-0.39, 0.29) is 12.6 Å². The number of hydrogen-bond acceptors (Lipinski definition) is 2. The summed E-state index contributed by atoms with van der Waals surface area (Å²) in [7, 11) is 0. The molecule has 0 bridgehead atoms. The third-order valence-electron chi connectivity index (χ3n) is 2.45. The molecule has 2 N–H and O–H groups in total. The van der Waals surface area contributed by atoms with E-state index >= 15 is 0 Å². The summed E-state index contributed by atoms with van der Waals surface area (Å²) in [5.41, 5.74) is 7.12. The second-order valence-electron chi connectivity index (χ2n) is 4.07. The highest BCUT2D eigenvalue weighted by molar-refractivity contribution is 9.11. The van der Waals surface area contributed by atoms with Crippen LogP contribution in [0.25, 0.3) is 0 Å². The van der Waals surface area contributed by atoms with Gasteiger partial charge in [0.15, 0.2) is 0 Å². The number of ether oxygens (including phenoxy) is 1. The minimum atomic E-state index is 0.179. The van der Waals surface area contributed by atoms with Crippen molar-refractivity contribution in [3.8, 4) is 5.75 Å². The van der Waals surface area contributed by atoms with E-state index in [9.17, 15) is 0 Å². The second kappa shape index (κ2) is 7.53. The summed E-state index contributed by atoms with van der Waals surface area (Å²) in [6, 6.07) is 4.22. The van der Waals surface area contributed by atoms with E-state index in [4.69, 9.17) is 22.1 Å². The van der Waals surface area contributed by atoms with Gasteiger partial charge in [0.1, 0.15) is 12.4 Å². The number of benzene rings is 1. The normalized spacial score (nSPS) is 12.3. The first-order valence-corrected chi connectivity index (χ1v) is 7.60. The van der Waals surface area contributed by atoms with Gasteiger partial charge in [-0.2, -0.15) is 0 Å². The summed E-state index contributed by atoms with van der Waals surface area (Å²) in [6.45, 7) is 5.96. The predicted octanol–water partition coefficient (Wildman–Crippen LogP) is 4.62. The molecule has 0 spiro atoms.